The second kappa shape index (κ2) is 8.01. The monoisotopic (exact) mass is 376 g/mol. The van der Waals surface area contributed by atoms with Crippen LogP contribution in [0.2, 0.25) is 0 Å². The lowest BCUT2D eigenvalue weighted by molar-refractivity contribution is -0.126. The van der Waals surface area contributed by atoms with E-state index < -0.39 is 10.0 Å². The molecule has 1 aliphatic heterocycles. The molecule has 1 amide bonds. The van der Waals surface area contributed by atoms with Crippen molar-refractivity contribution >= 4 is 15.9 Å². The number of sulfonamides is 1. The van der Waals surface area contributed by atoms with E-state index in [1.807, 2.05) is 41.2 Å². The van der Waals surface area contributed by atoms with Crippen LogP contribution in [0.5, 0.6) is 0 Å². The van der Waals surface area contributed by atoms with E-state index in [2.05, 4.69) is 10.4 Å². The van der Waals surface area contributed by atoms with Crippen LogP contribution in [0.3, 0.4) is 0 Å². The van der Waals surface area contributed by atoms with Crippen LogP contribution in [0.4, 0.5) is 0 Å². The normalized spacial score (nSPS) is 16.5. The molecule has 0 radical (unpaired) electrons. The zero-order valence-corrected chi connectivity index (χ0v) is 15.7. The summed E-state index contributed by atoms with van der Waals surface area (Å²) in [7, 11) is -3.17. The van der Waals surface area contributed by atoms with Crippen molar-refractivity contribution in [2.75, 3.05) is 19.3 Å². The summed E-state index contributed by atoms with van der Waals surface area (Å²) in [5, 5.41) is 7.23. The predicted octanol–water partition coefficient (Wildman–Crippen LogP) is 1.22. The van der Waals surface area contributed by atoms with Gasteiger partial charge in [0.1, 0.15) is 0 Å². The minimum absolute atomic E-state index is 0.00737. The number of carbonyl (C=O) groups excluding carboxylic acids is 1. The van der Waals surface area contributed by atoms with Gasteiger partial charge in [0.2, 0.25) is 15.9 Å². The number of rotatable bonds is 6. The highest BCUT2D eigenvalue weighted by atomic mass is 32.2. The van der Waals surface area contributed by atoms with Gasteiger partial charge in [-0.25, -0.2) is 12.7 Å². The number of carbonyl (C=O) groups is 1. The predicted molar refractivity (Wildman–Crippen MR) is 98.8 cm³/mol. The van der Waals surface area contributed by atoms with Crippen LogP contribution >= 0.6 is 0 Å². The Kier molecular flexibility index (Phi) is 5.73. The fraction of sp³-hybridized carbons (Fsp3) is 0.444. The third-order valence-corrected chi connectivity index (χ3v) is 6.06. The van der Waals surface area contributed by atoms with Gasteiger partial charge in [-0.3, -0.25) is 9.48 Å². The fourth-order valence-electron chi connectivity index (χ4n) is 3.23. The molecule has 0 spiro atoms. The average Bonchev–Trinajstić information content (AvgIpc) is 3.13. The minimum atomic E-state index is -3.17. The lowest BCUT2D eigenvalue weighted by Gasteiger charge is -2.29. The molecular weight excluding hydrogens is 352 g/mol. The largest absolute Gasteiger partial charge is 0.352 e. The Hall–Kier alpha value is -2.19. The van der Waals surface area contributed by atoms with Crippen LogP contribution in [-0.2, 0) is 27.9 Å². The average molecular weight is 376 g/mol. The highest BCUT2D eigenvalue weighted by molar-refractivity contribution is 7.88. The van der Waals surface area contributed by atoms with E-state index in [9.17, 15) is 13.2 Å². The third-order valence-electron chi connectivity index (χ3n) is 4.76. The first-order valence-corrected chi connectivity index (χ1v) is 10.6. The van der Waals surface area contributed by atoms with E-state index in [0.29, 0.717) is 39.0 Å². The highest BCUT2D eigenvalue weighted by Gasteiger charge is 2.28. The van der Waals surface area contributed by atoms with Crippen molar-refractivity contribution in [2.24, 2.45) is 5.92 Å². The fourth-order valence-corrected chi connectivity index (χ4v) is 4.10. The zero-order valence-electron chi connectivity index (χ0n) is 14.8. The van der Waals surface area contributed by atoms with E-state index in [4.69, 9.17) is 0 Å². The number of amides is 1. The highest BCUT2D eigenvalue weighted by Crippen LogP contribution is 2.19. The summed E-state index contributed by atoms with van der Waals surface area (Å²) in [6.07, 6.45) is 5.99. The molecule has 0 saturated carbocycles. The number of benzene rings is 1. The van der Waals surface area contributed by atoms with E-state index >= 15 is 0 Å². The zero-order chi connectivity index (χ0) is 18.6. The van der Waals surface area contributed by atoms with Crippen molar-refractivity contribution < 1.29 is 13.2 Å². The summed E-state index contributed by atoms with van der Waals surface area (Å²) < 4.78 is 26.4. The molecule has 26 heavy (non-hydrogen) atoms. The maximum absolute atomic E-state index is 12.5. The quantitative estimate of drug-likeness (QED) is 0.822. The molecule has 1 aromatic carbocycles. The molecule has 1 fully saturated rings. The van der Waals surface area contributed by atoms with Gasteiger partial charge in [0.25, 0.3) is 0 Å². The minimum Gasteiger partial charge on any atom is -0.352 e. The lowest BCUT2D eigenvalue weighted by atomic mass is 9.97. The third kappa shape index (κ3) is 4.70. The molecule has 0 unspecified atom stereocenters. The molecule has 2 heterocycles. The number of hydrogen-bond acceptors (Lipinski definition) is 4. The maximum Gasteiger partial charge on any atom is 0.223 e. The second-order valence-corrected chi connectivity index (χ2v) is 8.61. The Morgan fingerprint density at radius 3 is 2.50 bits per heavy atom. The van der Waals surface area contributed by atoms with Crippen LogP contribution < -0.4 is 5.32 Å². The Morgan fingerprint density at radius 1 is 1.19 bits per heavy atom. The number of hydrogen-bond donors (Lipinski definition) is 1. The smallest absolute Gasteiger partial charge is 0.223 e. The molecule has 140 valence electrons. The summed E-state index contributed by atoms with van der Waals surface area (Å²) in [5.41, 5.74) is 2.17. The first-order chi connectivity index (χ1) is 12.4. The van der Waals surface area contributed by atoms with Gasteiger partial charge < -0.3 is 5.32 Å². The maximum atomic E-state index is 12.5. The SMILES string of the molecule is CS(=O)(=O)N1CCC(C(=O)NCc2ccccc2Cn2cccn2)CC1. The molecule has 0 aliphatic carbocycles. The standard InChI is InChI=1S/C18H24N4O3S/c1-26(24,25)22-11-7-15(8-12-22)18(23)19-13-16-5-2-3-6-17(16)14-21-10-4-9-20-21/h2-6,9-10,15H,7-8,11-14H2,1H3,(H,19,23). The van der Waals surface area contributed by atoms with Gasteiger partial charge in [-0.1, -0.05) is 24.3 Å². The second-order valence-electron chi connectivity index (χ2n) is 6.63. The topological polar surface area (TPSA) is 84.3 Å². The molecule has 1 aromatic heterocycles. The van der Waals surface area contributed by atoms with Gasteiger partial charge in [-0.15, -0.1) is 0 Å². The van der Waals surface area contributed by atoms with Crippen LogP contribution in [-0.4, -0.2) is 47.8 Å². The van der Waals surface area contributed by atoms with Crippen molar-refractivity contribution in [2.45, 2.75) is 25.9 Å². The Balaban J connectivity index is 1.55. The van der Waals surface area contributed by atoms with Gasteiger partial charge in [0, 0.05) is 37.9 Å². The summed E-state index contributed by atoms with van der Waals surface area (Å²) in [5.74, 6) is -0.140. The van der Waals surface area contributed by atoms with Crippen molar-refractivity contribution in [3.05, 3.63) is 53.9 Å². The van der Waals surface area contributed by atoms with Crippen LogP contribution in [0, 0.1) is 5.92 Å². The molecule has 1 saturated heterocycles. The van der Waals surface area contributed by atoms with Crippen LogP contribution in [0.15, 0.2) is 42.7 Å². The van der Waals surface area contributed by atoms with Gasteiger partial charge in [0.05, 0.1) is 12.8 Å². The van der Waals surface area contributed by atoms with E-state index in [1.165, 1.54) is 10.6 Å². The number of nitrogens with one attached hydrogen (secondary N) is 1. The molecule has 1 aliphatic rings. The Labute approximate surface area is 154 Å². The molecule has 0 atom stereocenters. The molecule has 2 aromatic rings. The van der Waals surface area contributed by atoms with Crippen molar-refractivity contribution in [3.8, 4) is 0 Å². The molecule has 1 N–H and O–H groups in total. The van der Waals surface area contributed by atoms with E-state index in [-0.39, 0.29) is 11.8 Å². The molecule has 3 rings (SSSR count). The van der Waals surface area contributed by atoms with E-state index in [0.717, 1.165) is 11.1 Å². The van der Waals surface area contributed by atoms with Crippen molar-refractivity contribution in [3.63, 3.8) is 0 Å². The summed E-state index contributed by atoms with van der Waals surface area (Å²) in [6, 6.07) is 9.86. The number of aromatic nitrogens is 2. The van der Waals surface area contributed by atoms with Gasteiger partial charge >= 0.3 is 0 Å². The van der Waals surface area contributed by atoms with E-state index in [1.54, 1.807) is 6.20 Å². The summed E-state index contributed by atoms with van der Waals surface area (Å²) >= 11 is 0. The lowest BCUT2D eigenvalue weighted by Crippen LogP contribution is -2.42. The van der Waals surface area contributed by atoms with Gasteiger partial charge in [-0.2, -0.15) is 5.10 Å². The first kappa shape index (κ1) is 18.6. The van der Waals surface area contributed by atoms with Gasteiger partial charge in [0.15, 0.2) is 0 Å². The number of nitrogens with zero attached hydrogens (tertiary/aromatic N) is 3. The summed E-state index contributed by atoms with van der Waals surface area (Å²) in [4.78, 5) is 12.5. The van der Waals surface area contributed by atoms with Crippen molar-refractivity contribution in [1.82, 2.24) is 19.4 Å². The van der Waals surface area contributed by atoms with Crippen LogP contribution in [0.1, 0.15) is 24.0 Å². The van der Waals surface area contributed by atoms with Crippen molar-refractivity contribution in [1.29, 1.82) is 0 Å². The number of piperidine rings is 1. The molecule has 0 bridgehead atoms. The van der Waals surface area contributed by atoms with Gasteiger partial charge in [-0.05, 0) is 30.0 Å². The molecule has 7 nitrogen and oxygen atoms in total. The Morgan fingerprint density at radius 2 is 1.88 bits per heavy atom. The molecular formula is C18H24N4O3S. The van der Waals surface area contributed by atoms with Crippen LogP contribution in [0.25, 0.3) is 0 Å². The Bertz CT molecular complexity index is 841. The first-order valence-electron chi connectivity index (χ1n) is 8.70. The molecule has 8 heteroatoms. The summed E-state index contributed by atoms with van der Waals surface area (Å²) in [6.45, 7) is 1.94.